The summed E-state index contributed by atoms with van der Waals surface area (Å²) in [6.45, 7) is 2.40. The van der Waals surface area contributed by atoms with Crippen LogP contribution in [0, 0.1) is 6.92 Å². The summed E-state index contributed by atoms with van der Waals surface area (Å²) in [4.78, 5) is 27.9. The van der Waals surface area contributed by atoms with Crippen molar-refractivity contribution >= 4 is 23.5 Å². The summed E-state index contributed by atoms with van der Waals surface area (Å²) >= 11 is 0. The van der Waals surface area contributed by atoms with E-state index in [0.717, 1.165) is 36.3 Å². The number of aromatic amines is 1. The first-order valence-electron chi connectivity index (χ1n) is 8.08. The van der Waals surface area contributed by atoms with E-state index in [2.05, 4.69) is 10.3 Å². The number of unbranched alkanes of at least 4 members (excludes halogenated alkanes) is 2. The third kappa shape index (κ3) is 4.87. The molecule has 3 N–H and O–H groups in total. The molecule has 128 valence electrons. The zero-order valence-corrected chi connectivity index (χ0v) is 13.8. The van der Waals surface area contributed by atoms with Gasteiger partial charge in [-0.1, -0.05) is 24.6 Å². The molecular formula is C18H23N3O3. The van der Waals surface area contributed by atoms with E-state index < -0.39 is 6.09 Å². The van der Waals surface area contributed by atoms with E-state index in [9.17, 15) is 9.59 Å². The van der Waals surface area contributed by atoms with Gasteiger partial charge in [-0.05, 0) is 43.5 Å². The van der Waals surface area contributed by atoms with Crippen LogP contribution in [0.5, 0.6) is 0 Å². The Hall–Kier alpha value is -2.76. The van der Waals surface area contributed by atoms with Gasteiger partial charge < -0.3 is 15.4 Å². The molecule has 0 saturated carbocycles. The van der Waals surface area contributed by atoms with Crippen LogP contribution in [0.4, 0.5) is 16.3 Å². The second-order valence-corrected chi connectivity index (χ2v) is 5.61. The first-order valence-corrected chi connectivity index (χ1v) is 8.08. The molecule has 6 heteroatoms. The number of carbonyl (C=O) groups is 2. The molecule has 0 spiro atoms. The lowest BCUT2D eigenvalue weighted by Crippen LogP contribution is -2.26. The van der Waals surface area contributed by atoms with E-state index in [1.165, 1.54) is 0 Å². The first-order chi connectivity index (χ1) is 11.6. The van der Waals surface area contributed by atoms with Crippen molar-refractivity contribution in [3.8, 4) is 0 Å². The Labute approximate surface area is 141 Å². The Kier molecular flexibility index (Phi) is 6.42. The fourth-order valence-corrected chi connectivity index (χ4v) is 2.56. The smallest absolute Gasteiger partial charge is 0.404 e. The predicted octanol–water partition coefficient (Wildman–Crippen LogP) is 3.82. The molecule has 1 aromatic heterocycles. The molecule has 0 aliphatic rings. The second kappa shape index (κ2) is 8.76. The van der Waals surface area contributed by atoms with Gasteiger partial charge in [-0.25, -0.2) is 4.79 Å². The Morgan fingerprint density at radius 1 is 1.12 bits per heavy atom. The van der Waals surface area contributed by atoms with Crippen LogP contribution in [0.1, 0.15) is 31.2 Å². The number of rotatable bonds is 8. The molecule has 0 saturated heterocycles. The average Bonchev–Trinajstić information content (AvgIpc) is 3.06. The summed E-state index contributed by atoms with van der Waals surface area (Å²) in [5.41, 5.74) is 1.91. The fraction of sp³-hybridized carbons (Fsp3) is 0.333. The molecule has 2 aromatic rings. The summed E-state index contributed by atoms with van der Waals surface area (Å²) in [6, 6.07) is 11.5. The Morgan fingerprint density at radius 2 is 1.92 bits per heavy atom. The maximum absolute atomic E-state index is 12.7. The number of nitrogens with zero attached hydrogens (tertiary/aromatic N) is 1. The Morgan fingerprint density at radius 3 is 2.58 bits per heavy atom. The molecule has 1 aromatic carbocycles. The van der Waals surface area contributed by atoms with Crippen LogP contribution >= 0.6 is 0 Å². The van der Waals surface area contributed by atoms with Crippen molar-refractivity contribution in [1.82, 2.24) is 10.3 Å². The zero-order valence-electron chi connectivity index (χ0n) is 13.8. The van der Waals surface area contributed by atoms with Gasteiger partial charge in [-0.3, -0.25) is 9.69 Å². The van der Waals surface area contributed by atoms with Crippen LogP contribution < -0.4 is 10.2 Å². The largest absolute Gasteiger partial charge is 0.465 e. The molecule has 6 nitrogen and oxygen atoms in total. The maximum atomic E-state index is 12.7. The standard InChI is InChI=1S/C18H23N3O3/c1-14-8-4-5-9-15(14)21(16-10-7-13-19-16)17(22)11-3-2-6-12-20-18(23)24/h4-5,7-10,13,19-20H,2-3,6,11-12H2,1H3,(H,23,24). The number of para-hydroxylation sites is 1. The van der Waals surface area contributed by atoms with Gasteiger partial charge in [0.25, 0.3) is 0 Å². The predicted molar refractivity (Wildman–Crippen MR) is 93.6 cm³/mol. The minimum atomic E-state index is -1.01. The molecule has 2 rings (SSSR count). The fourth-order valence-electron chi connectivity index (χ4n) is 2.56. The van der Waals surface area contributed by atoms with Gasteiger partial charge in [-0.2, -0.15) is 0 Å². The highest BCUT2D eigenvalue weighted by Crippen LogP contribution is 2.28. The Bertz CT molecular complexity index is 668. The lowest BCUT2D eigenvalue weighted by Gasteiger charge is -2.23. The summed E-state index contributed by atoms with van der Waals surface area (Å²) in [7, 11) is 0. The number of carboxylic acid groups (broad SMARTS) is 1. The number of anilines is 2. The van der Waals surface area contributed by atoms with Gasteiger partial charge in [0.2, 0.25) is 5.91 Å². The van der Waals surface area contributed by atoms with Gasteiger partial charge in [-0.15, -0.1) is 0 Å². The molecular weight excluding hydrogens is 306 g/mol. The lowest BCUT2D eigenvalue weighted by atomic mass is 10.1. The van der Waals surface area contributed by atoms with Gasteiger partial charge in [0.05, 0.1) is 5.69 Å². The van der Waals surface area contributed by atoms with Crippen LogP contribution in [-0.2, 0) is 4.79 Å². The molecule has 24 heavy (non-hydrogen) atoms. The van der Waals surface area contributed by atoms with E-state index in [0.29, 0.717) is 13.0 Å². The van der Waals surface area contributed by atoms with Crippen molar-refractivity contribution in [3.63, 3.8) is 0 Å². The third-order valence-electron chi connectivity index (χ3n) is 3.77. The Balaban J connectivity index is 1.97. The number of aromatic nitrogens is 1. The molecule has 0 atom stereocenters. The van der Waals surface area contributed by atoms with E-state index in [1.54, 1.807) is 11.1 Å². The van der Waals surface area contributed by atoms with E-state index in [1.807, 2.05) is 43.3 Å². The summed E-state index contributed by atoms with van der Waals surface area (Å²) in [5, 5.41) is 10.8. The van der Waals surface area contributed by atoms with E-state index in [-0.39, 0.29) is 5.91 Å². The monoisotopic (exact) mass is 329 g/mol. The molecule has 1 heterocycles. The number of aryl methyl sites for hydroxylation is 1. The summed E-state index contributed by atoms with van der Waals surface area (Å²) in [5.74, 6) is 0.778. The molecule has 0 radical (unpaired) electrons. The minimum absolute atomic E-state index is 0.0259. The van der Waals surface area contributed by atoms with Crippen molar-refractivity contribution in [2.45, 2.75) is 32.6 Å². The van der Waals surface area contributed by atoms with Crippen molar-refractivity contribution in [2.24, 2.45) is 0 Å². The van der Waals surface area contributed by atoms with Crippen molar-refractivity contribution in [3.05, 3.63) is 48.2 Å². The number of nitrogens with one attached hydrogen (secondary N) is 2. The molecule has 2 amide bonds. The highest BCUT2D eigenvalue weighted by molar-refractivity contribution is 6.00. The summed E-state index contributed by atoms with van der Waals surface area (Å²) < 4.78 is 0. The van der Waals surface area contributed by atoms with Gasteiger partial charge in [0, 0.05) is 19.2 Å². The minimum Gasteiger partial charge on any atom is -0.465 e. The lowest BCUT2D eigenvalue weighted by molar-refractivity contribution is -0.118. The molecule has 0 bridgehead atoms. The second-order valence-electron chi connectivity index (χ2n) is 5.61. The van der Waals surface area contributed by atoms with Crippen LogP contribution in [-0.4, -0.2) is 28.6 Å². The van der Waals surface area contributed by atoms with Crippen LogP contribution in [0.3, 0.4) is 0 Å². The van der Waals surface area contributed by atoms with Crippen molar-refractivity contribution in [1.29, 1.82) is 0 Å². The average molecular weight is 329 g/mol. The van der Waals surface area contributed by atoms with Crippen LogP contribution in [0.2, 0.25) is 0 Å². The third-order valence-corrected chi connectivity index (χ3v) is 3.77. The highest BCUT2D eigenvalue weighted by Gasteiger charge is 2.19. The molecule has 0 fully saturated rings. The topological polar surface area (TPSA) is 85.4 Å². The molecule has 0 aliphatic carbocycles. The van der Waals surface area contributed by atoms with Crippen molar-refractivity contribution < 1.29 is 14.7 Å². The number of hydrogen-bond donors (Lipinski definition) is 3. The maximum Gasteiger partial charge on any atom is 0.404 e. The zero-order chi connectivity index (χ0) is 17.4. The number of hydrogen-bond acceptors (Lipinski definition) is 2. The first kappa shape index (κ1) is 17.6. The highest BCUT2D eigenvalue weighted by atomic mass is 16.4. The quantitative estimate of drug-likeness (QED) is 0.644. The van der Waals surface area contributed by atoms with Gasteiger partial charge in [0.15, 0.2) is 0 Å². The van der Waals surface area contributed by atoms with Crippen LogP contribution in [0.25, 0.3) is 0 Å². The number of amides is 2. The molecule has 0 aliphatic heterocycles. The number of benzene rings is 1. The van der Waals surface area contributed by atoms with Gasteiger partial charge in [0.1, 0.15) is 5.82 Å². The van der Waals surface area contributed by atoms with E-state index in [4.69, 9.17) is 5.11 Å². The SMILES string of the molecule is Cc1ccccc1N(C(=O)CCCCCNC(=O)O)c1ccc[nH]1. The molecule has 0 unspecified atom stereocenters. The normalized spacial score (nSPS) is 10.4. The summed E-state index contributed by atoms with van der Waals surface area (Å²) in [6.07, 6.45) is 3.46. The van der Waals surface area contributed by atoms with Gasteiger partial charge >= 0.3 is 6.09 Å². The number of carbonyl (C=O) groups excluding carboxylic acids is 1. The van der Waals surface area contributed by atoms with E-state index >= 15 is 0 Å². The van der Waals surface area contributed by atoms with Crippen molar-refractivity contribution in [2.75, 3.05) is 11.4 Å². The van der Waals surface area contributed by atoms with Crippen LogP contribution in [0.15, 0.2) is 42.6 Å². The number of H-pyrrole nitrogens is 1.